The van der Waals surface area contributed by atoms with Crippen molar-refractivity contribution in [3.05, 3.63) is 35.9 Å². The van der Waals surface area contributed by atoms with Crippen molar-refractivity contribution in [2.75, 3.05) is 39.8 Å². The third-order valence-electron chi connectivity index (χ3n) is 3.84. The molecule has 2 nitrogen and oxygen atoms in total. The van der Waals surface area contributed by atoms with Gasteiger partial charge in [0.05, 0.1) is 0 Å². The Balaban J connectivity index is 1.75. The van der Waals surface area contributed by atoms with Gasteiger partial charge in [-0.05, 0) is 31.5 Å². The number of nitrogens with zero attached hydrogens (tertiary/aromatic N) is 2. The Morgan fingerprint density at radius 1 is 1.06 bits per heavy atom. The Bertz CT molecular complexity index is 315. The summed E-state index contributed by atoms with van der Waals surface area (Å²) in [7, 11) is 2.21. The standard InChI is InChI=1S/C15H24N2/c1-14(15-6-4-3-5-7-15)8-9-17-12-10-16(2)11-13-17/h3-7,14H,8-13H2,1-2H3/t14-/m0/s1. The van der Waals surface area contributed by atoms with Crippen LogP contribution in [0.2, 0.25) is 0 Å². The lowest BCUT2D eigenvalue weighted by molar-refractivity contribution is 0.151. The summed E-state index contributed by atoms with van der Waals surface area (Å²) >= 11 is 0. The summed E-state index contributed by atoms with van der Waals surface area (Å²) in [5.41, 5.74) is 1.47. The van der Waals surface area contributed by atoms with Crippen LogP contribution in [0.15, 0.2) is 30.3 Å². The van der Waals surface area contributed by atoms with Crippen LogP contribution in [-0.2, 0) is 0 Å². The first-order valence-corrected chi connectivity index (χ1v) is 6.71. The van der Waals surface area contributed by atoms with Gasteiger partial charge in [0.15, 0.2) is 0 Å². The van der Waals surface area contributed by atoms with Crippen molar-refractivity contribution >= 4 is 0 Å². The second kappa shape index (κ2) is 6.18. The molecule has 0 spiro atoms. The van der Waals surface area contributed by atoms with Crippen molar-refractivity contribution < 1.29 is 0 Å². The van der Waals surface area contributed by atoms with E-state index >= 15 is 0 Å². The molecule has 1 fully saturated rings. The molecule has 2 rings (SSSR count). The minimum atomic E-state index is 0.677. The zero-order valence-corrected chi connectivity index (χ0v) is 11.1. The summed E-state index contributed by atoms with van der Waals surface area (Å²) < 4.78 is 0. The molecule has 94 valence electrons. The molecule has 1 aliphatic heterocycles. The van der Waals surface area contributed by atoms with E-state index < -0.39 is 0 Å². The summed E-state index contributed by atoms with van der Waals surface area (Å²) in [5.74, 6) is 0.677. The zero-order valence-electron chi connectivity index (χ0n) is 11.1. The van der Waals surface area contributed by atoms with E-state index in [4.69, 9.17) is 0 Å². The average Bonchev–Trinajstić information content (AvgIpc) is 2.39. The van der Waals surface area contributed by atoms with Gasteiger partial charge >= 0.3 is 0 Å². The van der Waals surface area contributed by atoms with Crippen LogP contribution in [0.3, 0.4) is 0 Å². The van der Waals surface area contributed by atoms with E-state index in [2.05, 4.69) is 54.1 Å². The van der Waals surface area contributed by atoms with Crippen molar-refractivity contribution in [3.63, 3.8) is 0 Å². The van der Waals surface area contributed by atoms with Crippen LogP contribution < -0.4 is 0 Å². The zero-order chi connectivity index (χ0) is 12.1. The molecular weight excluding hydrogens is 208 g/mol. The molecule has 2 heteroatoms. The monoisotopic (exact) mass is 232 g/mol. The van der Waals surface area contributed by atoms with E-state index in [1.54, 1.807) is 0 Å². The van der Waals surface area contributed by atoms with Gasteiger partial charge in [0, 0.05) is 26.2 Å². The molecule has 0 saturated carbocycles. The van der Waals surface area contributed by atoms with Gasteiger partial charge < -0.3 is 9.80 Å². The van der Waals surface area contributed by atoms with Crippen molar-refractivity contribution in [3.8, 4) is 0 Å². The highest BCUT2D eigenvalue weighted by Crippen LogP contribution is 2.18. The third-order valence-corrected chi connectivity index (χ3v) is 3.84. The molecule has 1 saturated heterocycles. The molecule has 0 unspecified atom stereocenters. The Hall–Kier alpha value is -0.860. The van der Waals surface area contributed by atoms with E-state index in [0.29, 0.717) is 5.92 Å². The summed E-state index contributed by atoms with van der Waals surface area (Å²) in [6.07, 6.45) is 1.27. The second-order valence-corrected chi connectivity index (χ2v) is 5.25. The minimum absolute atomic E-state index is 0.677. The Labute approximate surface area is 105 Å². The number of hydrogen-bond acceptors (Lipinski definition) is 2. The van der Waals surface area contributed by atoms with E-state index in [1.807, 2.05) is 0 Å². The maximum atomic E-state index is 2.60. The molecule has 1 aromatic carbocycles. The smallest absolute Gasteiger partial charge is 0.0110 e. The number of benzene rings is 1. The lowest BCUT2D eigenvalue weighted by Crippen LogP contribution is -2.44. The summed E-state index contributed by atoms with van der Waals surface area (Å²) in [6.45, 7) is 8.49. The molecule has 0 amide bonds. The SMILES string of the molecule is C[C@@H](CCN1CCN(C)CC1)c1ccccc1. The maximum Gasteiger partial charge on any atom is 0.0110 e. The molecule has 1 heterocycles. The van der Waals surface area contributed by atoms with E-state index in [9.17, 15) is 0 Å². The molecule has 17 heavy (non-hydrogen) atoms. The Morgan fingerprint density at radius 2 is 1.71 bits per heavy atom. The van der Waals surface area contributed by atoms with Gasteiger partial charge in [-0.3, -0.25) is 0 Å². The summed E-state index contributed by atoms with van der Waals surface area (Å²) in [5, 5.41) is 0. The number of piperazine rings is 1. The molecular formula is C15H24N2. The van der Waals surface area contributed by atoms with Crippen LogP contribution in [0.4, 0.5) is 0 Å². The fourth-order valence-corrected chi connectivity index (χ4v) is 2.40. The predicted octanol–water partition coefficient (Wildman–Crippen LogP) is 2.43. The topological polar surface area (TPSA) is 6.48 Å². The Morgan fingerprint density at radius 3 is 2.35 bits per heavy atom. The van der Waals surface area contributed by atoms with Gasteiger partial charge in [0.1, 0.15) is 0 Å². The predicted molar refractivity (Wildman–Crippen MR) is 73.4 cm³/mol. The lowest BCUT2D eigenvalue weighted by atomic mass is 9.97. The first kappa shape index (κ1) is 12.6. The highest BCUT2D eigenvalue weighted by molar-refractivity contribution is 5.18. The largest absolute Gasteiger partial charge is 0.304 e. The maximum absolute atomic E-state index is 2.60. The van der Waals surface area contributed by atoms with Gasteiger partial charge in [-0.25, -0.2) is 0 Å². The van der Waals surface area contributed by atoms with Gasteiger partial charge in [-0.1, -0.05) is 37.3 Å². The van der Waals surface area contributed by atoms with E-state index in [1.165, 1.54) is 44.7 Å². The molecule has 0 aliphatic carbocycles. The Kier molecular flexibility index (Phi) is 4.57. The number of hydrogen-bond donors (Lipinski definition) is 0. The normalized spacial score (nSPS) is 20.4. The quantitative estimate of drug-likeness (QED) is 0.786. The highest BCUT2D eigenvalue weighted by Gasteiger charge is 2.14. The van der Waals surface area contributed by atoms with Crippen LogP contribution in [0.1, 0.15) is 24.8 Å². The van der Waals surface area contributed by atoms with E-state index in [0.717, 1.165) is 0 Å². The molecule has 1 atom stereocenters. The van der Waals surface area contributed by atoms with Crippen LogP contribution in [0.25, 0.3) is 0 Å². The van der Waals surface area contributed by atoms with Crippen molar-refractivity contribution in [2.24, 2.45) is 0 Å². The minimum Gasteiger partial charge on any atom is -0.304 e. The summed E-state index contributed by atoms with van der Waals surface area (Å²) in [6, 6.07) is 10.9. The van der Waals surface area contributed by atoms with Gasteiger partial charge in [-0.2, -0.15) is 0 Å². The van der Waals surface area contributed by atoms with E-state index in [-0.39, 0.29) is 0 Å². The molecule has 0 bridgehead atoms. The van der Waals surface area contributed by atoms with Crippen LogP contribution >= 0.6 is 0 Å². The molecule has 0 radical (unpaired) electrons. The molecule has 0 N–H and O–H groups in total. The van der Waals surface area contributed by atoms with Crippen molar-refractivity contribution in [1.82, 2.24) is 9.80 Å². The molecule has 1 aromatic rings. The van der Waals surface area contributed by atoms with Crippen molar-refractivity contribution in [2.45, 2.75) is 19.3 Å². The van der Waals surface area contributed by atoms with Crippen LogP contribution in [0.5, 0.6) is 0 Å². The van der Waals surface area contributed by atoms with Crippen LogP contribution in [0, 0.1) is 0 Å². The first-order chi connectivity index (χ1) is 8.25. The average molecular weight is 232 g/mol. The lowest BCUT2D eigenvalue weighted by Gasteiger charge is -2.32. The number of rotatable bonds is 4. The third kappa shape index (κ3) is 3.83. The van der Waals surface area contributed by atoms with Crippen LogP contribution in [-0.4, -0.2) is 49.6 Å². The molecule has 0 aromatic heterocycles. The number of likely N-dealkylation sites (N-methyl/N-ethyl adjacent to an activating group) is 1. The van der Waals surface area contributed by atoms with Gasteiger partial charge in [0.2, 0.25) is 0 Å². The van der Waals surface area contributed by atoms with Gasteiger partial charge in [-0.15, -0.1) is 0 Å². The first-order valence-electron chi connectivity index (χ1n) is 6.71. The fraction of sp³-hybridized carbons (Fsp3) is 0.600. The highest BCUT2D eigenvalue weighted by atomic mass is 15.2. The van der Waals surface area contributed by atoms with Crippen molar-refractivity contribution in [1.29, 1.82) is 0 Å². The van der Waals surface area contributed by atoms with Gasteiger partial charge in [0.25, 0.3) is 0 Å². The summed E-state index contributed by atoms with van der Waals surface area (Å²) in [4.78, 5) is 5.01. The molecule has 1 aliphatic rings. The fourth-order valence-electron chi connectivity index (χ4n) is 2.40. The second-order valence-electron chi connectivity index (χ2n) is 5.25.